The minimum atomic E-state index is 0.167. The van der Waals surface area contributed by atoms with Crippen LogP contribution in [-0.2, 0) is 0 Å². The number of rotatable bonds is 7. The van der Waals surface area contributed by atoms with Crippen LogP contribution >= 0.6 is 0 Å². The molecule has 2 nitrogen and oxygen atoms in total. The highest BCUT2D eigenvalue weighted by atomic mass is 15.3. The van der Waals surface area contributed by atoms with Gasteiger partial charge in [0.25, 0.3) is 0 Å². The molecule has 0 saturated carbocycles. The van der Waals surface area contributed by atoms with Gasteiger partial charge >= 0.3 is 0 Å². The fraction of sp³-hybridized carbons (Fsp3) is 0.944. The Labute approximate surface area is 127 Å². The van der Waals surface area contributed by atoms with Crippen LogP contribution in [-0.4, -0.2) is 35.3 Å². The molecule has 2 heteroatoms. The van der Waals surface area contributed by atoms with Crippen molar-refractivity contribution in [1.29, 1.82) is 0 Å². The fourth-order valence-corrected chi connectivity index (χ4v) is 3.31. The van der Waals surface area contributed by atoms with E-state index in [1.165, 1.54) is 44.9 Å². The molecule has 1 heterocycles. The number of piperidine rings is 1. The molecule has 0 aromatic rings. The molecule has 1 unspecified atom stereocenters. The molecule has 118 valence electrons. The van der Waals surface area contributed by atoms with E-state index in [9.17, 15) is 0 Å². The summed E-state index contributed by atoms with van der Waals surface area (Å²) < 4.78 is 0. The molecule has 1 aliphatic rings. The monoisotopic (exact) mass is 280 g/mol. The van der Waals surface area contributed by atoms with Crippen LogP contribution in [0, 0.1) is 0 Å². The number of likely N-dealkylation sites (tertiary alicyclic amines) is 1. The molecule has 0 radical (unpaired) electrons. The van der Waals surface area contributed by atoms with Gasteiger partial charge in [-0.1, -0.05) is 32.6 Å². The number of unbranched alkanes of at least 4 members (excludes halogenated alkanes) is 5. The fourth-order valence-electron chi connectivity index (χ4n) is 3.31. The zero-order valence-corrected chi connectivity index (χ0v) is 14.7. The van der Waals surface area contributed by atoms with Gasteiger partial charge in [-0.15, -0.1) is 0 Å². The molecule has 0 aromatic carbocycles. The Bertz CT molecular complexity index is 305. The molecule has 0 aliphatic carbocycles. The van der Waals surface area contributed by atoms with E-state index in [0.29, 0.717) is 11.6 Å². The average Bonchev–Trinajstić information content (AvgIpc) is 2.38. The van der Waals surface area contributed by atoms with Crippen LogP contribution < -0.4 is 0 Å². The topological polar surface area (TPSA) is 15.6 Å². The van der Waals surface area contributed by atoms with Gasteiger partial charge in [-0.2, -0.15) is 0 Å². The Morgan fingerprint density at radius 2 is 1.75 bits per heavy atom. The molecule has 0 bridgehead atoms. The summed E-state index contributed by atoms with van der Waals surface area (Å²) in [5.74, 6) is 0. The number of hydrogen-bond acceptors (Lipinski definition) is 2. The summed E-state index contributed by atoms with van der Waals surface area (Å²) in [6.07, 6.45) is 12.6. The van der Waals surface area contributed by atoms with E-state index in [0.717, 1.165) is 6.42 Å². The van der Waals surface area contributed by atoms with Crippen LogP contribution in [0.1, 0.15) is 86.0 Å². The van der Waals surface area contributed by atoms with Crippen molar-refractivity contribution in [2.75, 3.05) is 7.05 Å². The maximum atomic E-state index is 4.90. The van der Waals surface area contributed by atoms with Crippen molar-refractivity contribution < 1.29 is 0 Å². The van der Waals surface area contributed by atoms with Crippen molar-refractivity contribution in [2.45, 2.75) is 103 Å². The van der Waals surface area contributed by atoms with Gasteiger partial charge in [0.2, 0.25) is 0 Å². The van der Waals surface area contributed by atoms with E-state index in [1.54, 1.807) is 0 Å². The van der Waals surface area contributed by atoms with Crippen molar-refractivity contribution in [3.05, 3.63) is 0 Å². The SMILES string of the molecule is CCCCCCCC=NC1CCC(C)(C)N(C)C1(C)C. The summed E-state index contributed by atoms with van der Waals surface area (Å²) in [7, 11) is 2.26. The average molecular weight is 280 g/mol. The zero-order valence-electron chi connectivity index (χ0n) is 14.7. The van der Waals surface area contributed by atoms with E-state index in [1.807, 2.05) is 0 Å². The summed E-state index contributed by atoms with van der Waals surface area (Å²) in [4.78, 5) is 7.42. The Hall–Kier alpha value is -0.370. The second-order valence-corrected chi connectivity index (χ2v) is 7.61. The molecule has 1 rings (SSSR count). The lowest BCUT2D eigenvalue weighted by Gasteiger charge is -2.53. The molecule has 0 spiro atoms. The van der Waals surface area contributed by atoms with Gasteiger partial charge in [0.1, 0.15) is 0 Å². The largest absolute Gasteiger partial charge is 0.294 e. The maximum absolute atomic E-state index is 4.90. The number of aliphatic imine (C=N–C) groups is 1. The first-order valence-corrected chi connectivity index (χ1v) is 8.58. The molecule has 0 N–H and O–H groups in total. The predicted octanol–water partition coefficient (Wildman–Crippen LogP) is 5.07. The molecular formula is C18H36N2. The van der Waals surface area contributed by atoms with Gasteiger partial charge in [-0.25, -0.2) is 0 Å². The predicted molar refractivity (Wildman–Crippen MR) is 90.8 cm³/mol. The second-order valence-electron chi connectivity index (χ2n) is 7.61. The first-order chi connectivity index (χ1) is 9.32. The van der Waals surface area contributed by atoms with Gasteiger partial charge in [0.05, 0.1) is 6.04 Å². The Morgan fingerprint density at radius 3 is 2.40 bits per heavy atom. The van der Waals surface area contributed by atoms with E-state index in [4.69, 9.17) is 4.99 Å². The van der Waals surface area contributed by atoms with Gasteiger partial charge in [-0.05, 0) is 66.6 Å². The molecule has 0 amide bonds. The van der Waals surface area contributed by atoms with E-state index in [2.05, 4.69) is 52.8 Å². The van der Waals surface area contributed by atoms with Crippen molar-refractivity contribution >= 4 is 6.21 Å². The minimum absolute atomic E-state index is 0.167. The summed E-state index contributed by atoms with van der Waals surface area (Å²) in [6.45, 7) is 11.7. The van der Waals surface area contributed by atoms with Crippen molar-refractivity contribution in [1.82, 2.24) is 4.90 Å². The molecule has 20 heavy (non-hydrogen) atoms. The molecular weight excluding hydrogens is 244 g/mol. The first-order valence-electron chi connectivity index (χ1n) is 8.58. The van der Waals surface area contributed by atoms with E-state index in [-0.39, 0.29) is 5.54 Å². The van der Waals surface area contributed by atoms with Crippen molar-refractivity contribution in [3.8, 4) is 0 Å². The lowest BCUT2D eigenvalue weighted by Crippen LogP contribution is -2.62. The smallest absolute Gasteiger partial charge is 0.0674 e. The number of likely N-dealkylation sites (N-methyl/N-ethyl adjacent to an activating group) is 1. The second kappa shape index (κ2) is 7.59. The van der Waals surface area contributed by atoms with Crippen LogP contribution in [0.2, 0.25) is 0 Å². The van der Waals surface area contributed by atoms with Crippen LogP contribution in [0.15, 0.2) is 4.99 Å². The van der Waals surface area contributed by atoms with Gasteiger partial charge in [0.15, 0.2) is 0 Å². The normalized spacial score (nSPS) is 26.2. The number of nitrogens with zero attached hydrogens (tertiary/aromatic N) is 2. The summed E-state index contributed by atoms with van der Waals surface area (Å²) >= 11 is 0. The molecule has 0 aromatic heterocycles. The standard InChI is InChI=1S/C18H36N2/c1-7-8-9-10-11-12-15-19-16-13-14-17(2,3)20(6)18(16,4)5/h15-16H,7-14H2,1-6H3. The van der Waals surface area contributed by atoms with Gasteiger partial charge < -0.3 is 0 Å². The van der Waals surface area contributed by atoms with E-state index < -0.39 is 0 Å². The molecule has 1 aliphatic heterocycles. The maximum Gasteiger partial charge on any atom is 0.0674 e. The van der Waals surface area contributed by atoms with Crippen LogP contribution in [0.5, 0.6) is 0 Å². The molecule has 1 saturated heterocycles. The third kappa shape index (κ3) is 4.58. The van der Waals surface area contributed by atoms with Gasteiger partial charge in [0, 0.05) is 11.1 Å². The van der Waals surface area contributed by atoms with Crippen molar-refractivity contribution in [3.63, 3.8) is 0 Å². The summed E-state index contributed by atoms with van der Waals surface area (Å²) in [6, 6.07) is 0.455. The zero-order chi connectivity index (χ0) is 15.2. The van der Waals surface area contributed by atoms with Crippen LogP contribution in [0.25, 0.3) is 0 Å². The third-order valence-corrected chi connectivity index (χ3v) is 5.34. The highest BCUT2D eigenvalue weighted by molar-refractivity contribution is 5.57. The Morgan fingerprint density at radius 1 is 1.10 bits per heavy atom. The highest BCUT2D eigenvalue weighted by Crippen LogP contribution is 2.38. The third-order valence-electron chi connectivity index (χ3n) is 5.34. The quantitative estimate of drug-likeness (QED) is 0.469. The molecule has 1 fully saturated rings. The molecule has 1 atom stereocenters. The van der Waals surface area contributed by atoms with Crippen LogP contribution in [0.3, 0.4) is 0 Å². The number of hydrogen-bond donors (Lipinski definition) is 0. The van der Waals surface area contributed by atoms with E-state index >= 15 is 0 Å². The first kappa shape index (κ1) is 17.7. The minimum Gasteiger partial charge on any atom is -0.294 e. The summed E-state index contributed by atoms with van der Waals surface area (Å²) in [5.41, 5.74) is 0.468. The van der Waals surface area contributed by atoms with Crippen molar-refractivity contribution in [2.24, 2.45) is 4.99 Å². The van der Waals surface area contributed by atoms with Gasteiger partial charge in [-0.3, -0.25) is 9.89 Å². The Kier molecular flexibility index (Phi) is 6.71. The summed E-state index contributed by atoms with van der Waals surface area (Å²) in [5, 5.41) is 0. The lowest BCUT2D eigenvalue weighted by atomic mass is 9.77. The lowest BCUT2D eigenvalue weighted by molar-refractivity contribution is -0.0156. The Balaban J connectivity index is 2.40. The van der Waals surface area contributed by atoms with Crippen LogP contribution in [0.4, 0.5) is 0 Å². The highest BCUT2D eigenvalue weighted by Gasteiger charge is 2.44.